The van der Waals surface area contributed by atoms with Crippen molar-refractivity contribution in [2.45, 2.75) is 19.8 Å². The lowest BCUT2D eigenvalue weighted by molar-refractivity contribution is -0.139. The van der Waals surface area contributed by atoms with E-state index >= 15 is 0 Å². The lowest BCUT2D eigenvalue weighted by atomic mass is 9.80. The Hall–Kier alpha value is -2.36. The standard InChI is InChI=1S/C18H20BrN2O6/c1-4-27-18(23)16-13(9-19)20-10(2)14(17(22)26-3)15(16)11-6-5-7-12(8-11)21(24)25/h5-8,15,20,24H,4,9H2,1-3H3/q-1. The van der Waals surface area contributed by atoms with Crippen LogP contribution in [-0.4, -0.2) is 36.2 Å². The fourth-order valence-electron chi connectivity index (χ4n) is 2.99. The van der Waals surface area contributed by atoms with Crippen LogP contribution in [0.15, 0.2) is 46.8 Å². The summed E-state index contributed by atoms with van der Waals surface area (Å²) < 4.78 is 10.1. The number of anilines is 1. The maximum atomic E-state index is 12.7. The number of benzene rings is 1. The largest absolute Gasteiger partial charge is 0.733 e. The predicted octanol–water partition coefficient (Wildman–Crippen LogP) is 2.73. The first-order chi connectivity index (χ1) is 12.8. The van der Waals surface area contributed by atoms with Crippen molar-refractivity contribution in [2.24, 2.45) is 0 Å². The van der Waals surface area contributed by atoms with Gasteiger partial charge in [-0.05, 0) is 31.5 Å². The number of dihydropyridines is 1. The highest BCUT2D eigenvalue weighted by molar-refractivity contribution is 9.09. The van der Waals surface area contributed by atoms with Crippen molar-refractivity contribution in [3.8, 4) is 0 Å². The molecule has 1 heterocycles. The Morgan fingerprint density at radius 3 is 2.59 bits per heavy atom. The molecule has 0 fully saturated rings. The van der Waals surface area contributed by atoms with Gasteiger partial charge in [0.25, 0.3) is 0 Å². The lowest BCUT2D eigenvalue weighted by Gasteiger charge is -2.31. The van der Waals surface area contributed by atoms with E-state index in [2.05, 4.69) is 21.2 Å². The molecule has 0 spiro atoms. The van der Waals surface area contributed by atoms with Crippen molar-refractivity contribution < 1.29 is 24.3 Å². The van der Waals surface area contributed by atoms with Crippen molar-refractivity contribution >= 4 is 33.6 Å². The fourth-order valence-corrected chi connectivity index (χ4v) is 3.43. The molecule has 0 aromatic heterocycles. The number of hydrogen-bond acceptors (Lipinski definition) is 8. The van der Waals surface area contributed by atoms with E-state index in [1.165, 1.54) is 19.2 Å². The van der Waals surface area contributed by atoms with Gasteiger partial charge in [0.05, 0.1) is 36.5 Å². The molecule has 9 heteroatoms. The number of ether oxygens (including phenoxy) is 2. The maximum Gasteiger partial charge on any atom is 0.336 e. The van der Waals surface area contributed by atoms with Crippen molar-refractivity contribution in [3.05, 3.63) is 57.6 Å². The maximum absolute atomic E-state index is 12.7. The number of hydrogen-bond donors (Lipinski definition) is 2. The van der Waals surface area contributed by atoms with Gasteiger partial charge in [-0.1, -0.05) is 28.1 Å². The second-order valence-corrected chi connectivity index (χ2v) is 6.26. The Balaban J connectivity index is 2.73. The van der Waals surface area contributed by atoms with Crippen LogP contribution in [0.2, 0.25) is 0 Å². The first kappa shape index (κ1) is 20.9. The van der Waals surface area contributed by atoms with E-state index in [0.29, 0.717) is 22.3 Å². The van der Waals surface area contributed by atoms with Crippen molar-refractivity contribution in [3.63, 3.8) is 0 Å². The lowest BCUT2D eigenvalue weighted by Crippen LogP contribution is -2.33. The van der Waals surface area contributed by atoms with Crippen molar-refractivity contribution in [1.29, 1.82) is 0 Å². The number of carbonyl (C=O) groups is 2. The van der Waals surface area contributed by atoms with Crippen molar-refractivity contribution in [1.82, 2.24) is 5.32 Å². The topological polar surface area (TPSA) is 111 Å². The Bertz CT molecular complexity index is 803. The number of rotatable bonds is 6. The molecule has 0 aliphatic carbocycles. The molecule has 1 aliphatic heterocycles. The molecule has 1 unspecified atom stereocenters. The van der Waals surface area contributed by atoms with Crippen LogP contribution in [0.25, 0.3) is 0 Å². The molecular weight excluding hydrogens is 420 g/mol. The molecule has 27 heavy (non-hydrogen) atoms. The van der Waals surface area contributed by atoms with Crippen LogP contribution < -0.4 is 10.5 Å². The molecule has 1 aliphatic rings. The summed E-state index contributed by atoms with van der Waals surface area (Å²) in [7, 11) is 1.25. The number of methoxy groups -OCH3 is 1. The summed E-state index contributed by atoms with van der Waals surface area (Å²) in [4.78, 5) is 25.2. The summed E-state index contributed by atoms with van der Waals surface area (Å²) >= 11 is 3.34. The van der Waals surface area contributed by atoms with E-state index in [9.17, 15) is 20.0 Å². The van der Waals surface area contributed by atoms with Gasteiger partial charge in [0.15, 0.2) is 0 Å². The van der Waals surface area contributed by atoms with E-state index < -0.39 is 17.9 Å². The third kappa shape index (κ3) is 4.32. The summed E-state index contributed by atoms with van der Waals surface area (Å²) in [5, 5.41) is 23.6. The van der Waals surface area contributed by atoms with Crippen LogP contribution in [-0.2, 0) is 19.1 Å². The summed E-state index contributed by atoms with van der Waals surface area (Å²) in [5.74, 6) is -2.04. The number of halogens is 1. The Kier molecular flexibility index (Phi) is 7.00. The van der Waals surface area contributed by atoms with Crippen LogP contribution in [0.5, 0.6) is 0 Å². The molecule has 0 bridgehead atoms. The quantitative estimate of drug-likeness (QED) is 0.395. The van der Waals surface area contributed by atoms with Gasteiger partial charge < -0.3 is 25.2 Å². The molecule has 0 radical (unpaired) electrons. The molecule has 146 valence electrons. The smallest absolute Gasteiger partial charge is 0.336 e. The number of esters is 2. The van der Waals surface area contributed by atoms with E-state index in [4.69, 9.17) is 9.47 Å². The minimum Gasteiger partial charge on any atom is -0.733 e. The first-order valence-electron chi connectivity index (χ1n) is 8.13. The average molecular weight is 440 g/mol. The second kappa shape index (κ2) is 9.03. The van der Waals surface area contributed by atoms with E-state index in [-0.39, 0.29) is 28.7 Å². The molecular formula is C18H20BrN2O6-. The van der Waals surface area contributed by atoms with Gasteiger partial charge >= 0.3 is 11.9 Å². The van der Waals surface area contributed by atoms with Gasteiger partial charge in [0.2, 0.25) is 0 Å². The fraction of sp³-hybridized carbons (Fsp3) is 0.333. The molecule has 1 atom stereocenters. The molecule has 1 aromatic rings. The van der Waals surface area contributed by atoms with Gasteiger partial charge in [-0.2, -0.15) is 0 Å². The predicted molar refractivity (Wildman–Crippen MR) is 102 cm³/mol. The molecule has 0 saturated heterocycles. The van der Waals surface area contributed by atoms with Gasteiger partial charge in [-0.3, -0.25) is 5.21 Å². The van der Waals surface area contributed by atoms with Gasteiger partial charge in [-0.15, -0.1) is 0 Å². The zero-order valence-electron chi connectivity index (χ0n) is 15.1. The molecule has 8 nitrogen and oxygen atoms in total. The number of alkyl halides is 1. The third-order valence-corrected chi connectivity index (χ3v) is 4.66. The van der Waals surface area contributed by atoms with Gasteiger partial charge in [0.1, 0.15) is 0 Å². The minimum absolute atomic E-state index is 0.0310. The van der Waals surface area contributed by atoms with Crippen LogP contribution in [0, 0.1) is 5.21 Å². The summed E-state index contributed by atoms with van der Waals surface area (Å²) in [5.41, 5.74) is 1.94. The normalized spacial score (nSPS) is 16.7. The highest BCUT2D eigenvalue weighted by Gasteiger charge is 2.38. The summed E-state index contributed by atoms with van der Waals surface area (Å²) in [6, 6.07) is 6.02. The average Bonchev–Trinajstić information content (AvgIpc) is 2.66. The Morgan fingerprint density at radius 2 is 2.04 bits per heavy atom. The number of carbonyl (C=O) groups excluding carboxylic acids is 2. The highest BCUT2D eigenvalue weighted by Crippen LogP contribution is 2.40. The zero-order chi connectivity index (χ0) is 20.1. The highest BCUT2D eigenvalue weighted by atomic mass is 79.9. The van der Waals surface area contributed by atoms with E-state index in [1.807, 2.05) is 0 Å². The van der Waals surface area contributed by atoms with Gasteiger partial charge in [-0.25, -0.2) is 9.59 Å². The summed E-state index contributed by atoms with van der Waals surface area (Å²) in [6.45, 7) is 3.53. The van der Waals surface area contributed by atoms with E-state index in [1.54, 1.807) is 26.0 Å². The third-order valence-electron chi connectivity index (χ3n) is 4.10. The zero-order valence-corrected chi connectivity index (χ0v) is 16.7. The van der Waals surface area contributed by atoms with E-state index in [0.717, 1.165) is 0 Å². The second-order valence-electron chi connectivity index (χ2n) is 5.70. The Labute approximate surface area is 165 Å². The van der Waals surface area contributed by atoms with Crippen molar-refractivity contribution in [2.75, 3.05) is 24.3 Å². The SMILES string of the molecule is CCOC(=O)C1=C(CBr)NC(C)=C(C(=O)OC)C1c1cccc(N([O-])O)c1. The van der Waals surface area contributed by atoms with Crippen LogP contribution in [0.4, 0.5) is 5.69 Å². The Morgan fingerprint density at radius 1 is 1.33 bits per heavy atom. The number of nitrogens with zero attached hydrogens (tertiary/aromatic N) is 1. The number of allylic oxidation sites excluding steroid dienone is 2. The molecule has 2 N–H and O–H groups in total. The molecule has 0 saturated carbocycles. The monoisotopic (exact) mass is 439 g/mol. The molecule has 1 aromatic carbocycles. The van der Waals surface area contributed by atoms with Gasteiger partial charge in [0, 0.05) is 16.7 Å². The van der Waals surface area contributed by atoms with Crippen LogP contribution in [0.1, 0.15) is 25.3 Å². The molecule has 0 amide bonds. The van der Waals surface area contributed by atoms with Crippen LogP contribution >= 0.6 is 15.9 Å². The van der Waals surface area contributed by atoms with Crippen LogP contribution in [0.3, 0.4) is 0 Å². The molecule has 2 rings (SSSR count). The number of nitrogens with one attached hydrogen (secondary N) is 1. The minimum atomic E-state index is -0.829. The summed E-state index contributed by atoms with van der Waals surface area (Å²) in [6.07, 6.45) is 0. The first-order valence-corrected chi connectivity index (χ1v) is 9.26.